The van der Waals surface area contributed by atoms with E-state index in [4.69, 9.17) is 4.84 Å². The number of rotatable bonds is 3. The molecule has 17 heavy (non-hydrogen) atoms. The van der Waals surface area contributed by atoms with Gasteiger partial charge in [0.25, 0.3) is 5.91 Å². The molecule has 1 aliphatic heterocycles. The zero-order valence-corrected chi connectivity index (χ0v) is 9.41. The molecule has 1 saturated heterocycles. The van der Waals surface area contributed by atoms with Crippen LogP contribution in [-0.2, 0) is 4.84 Å². The van der Waals surface area contributed by atoms with E-state index in [0.717, 1.165) is 25.9 Å². The maximum atomic E-state index is 12.9. The van der Waals surface area contributed by atoms with Crippen LogP contribution >= 0.6 is 0 Å². The summed E-state index contributed by atoms with van der Waals surface area (Å²) in [7, 11) is 0. The highest BCUT2D eigenvalue weighted by molar-refractivity contribution is 5.93. The van der Waals surface area contributed by atoms with E-state index in [0.29, 0.717) is 0 Å². The molecule has 0 aliphatic carbocycles. The minimum absolute atomic E-state index is 0.0127. The summed E-state index contributed by atoms with van der Waals surface area (Å²) in [4.78, 5) is 16.9. The molecule has 0 radical (unpaired) electrons. The van der Waals surface area contributed by atoms with Gasteiger partial charge in [0.05, 0.1) is 6.10 Å². The summed E-state index contributed by atoms with van der Waals surface area (Å²) in [6.45, 7) is 1.71. The molecule has 0 saturated carbocycles. The van der Waals surface area contributed by atoms with Crippen molar-refractivity contribution in [2.24, 2.45) is 0 Å². The highest BCUT2D eigenvalue weighted by atomic mass is 19.1. The molecule has 4 nitrogen and oxygen atoms in total. The van der Waals surface area contributed by atoms with Gasteiger partial charge in [0.15, 0.2) is 0 Å². The number of hydroxylamine groups is 1. The minimum atomic E-state index is -0.433. The van der Waals surface area contributed by atoms with E-state index in [2.05, 4.69) is 10.8 Å². The molecule has 1 fully saturated rings. The second-order valence-corrected chi connectivity index (χ2v) is 4.03. The summed E-state index contributed by atoms with van der Waals surface area (Å²) in [6.07, 6.45) is 1.93. The summed E-state index contributed by atoms with van der Waals surface area (Å²) in [5.41, 5.74) is 2.61. The molecular formula is C12H15FN2O2. The Bertz CT molecular complexity index is 392. The zero-order chi connectivity index (χ0) is 12.1. The average Bonchev–Trinajstić information content (AvgIpc) is 2.37. The van der Waals surface area contributed by atoms with Gasteiger partial charge >= 0.3 is 0 Å². The zero-order valence-electron chi connectivity index (χ0n) is 9.41. The van der Waals surface area contributed by atoms with Gasteiger partial charge in [-0.05, 0) is 37.6 Å². The Kier molecular flexibility index (Phi) is 4.06. The number of carbonyl (C=O) groups excluding carboxylic acids is 1. The lowest BCUT2D eigenvalue weighted by Gasteiger charge is -2.22. The number of piperidine rings is 1. The topological polar surface area (TPSA) is 50.4 Å². The molecule has 0 aromatic heterocycles. The van der Waals surface area contributed by atoms with Crippen molar-refractivity contribution in [3.63, 3.8) is 0 Å². The van der Waals surface area contributed by atoms with E-state index in [1.165, 1.54) is 18.2 Å². The van der Waals surface area contributed by atoms with Crippen LogP contribution in [0, 0.1) is 5.82 Å². The molecule has 92 valence electrons. The van der Waals surface area contributed by atoms with Gasteiger partial charge in [-0.25, -0.2) is 9.87 Å². The normalized spacial score (nSPS) is 19.9. The monoisotopic (exact) mass is 238 g/mol. The highest BCUT2D eigenvalue weighted by Gasteiger charge is 2.15. The first-order valence-corrected chi connectivity index (χ1v) is 5.68. The number of hydrogen-bond acceptors (Lipinski definition) is 3. The van der Waals surface area contributed by atoms with Gasteiger partial charge in [0, 0.05) is 12.1 Å². The van der Waals surface area contributed by atoms with Crippen molar-refractivity contribution in [3.8, 4) is 0 Å². The van der Waals surface area contributed by atoms with Crippen LogP contribution in [0.2, 0.25) is 0 Å². The maximum absolute atomic E-state index is 12.9. The Morgan fingerprint density at radius 3 is 3.12 bits per heavy atom. The fourth-order valence-corrected chi connectivity index (χ4v) is 1.75. The van der Waals surface area contributed by atoms with E-state index in [-0.39, 0.29) is 11.7 Å². The van der Waals surface area contributed by atoms with Crippen molar-refractivity contribution in [2.45, 2.75) is 18.9 Å². The highest BCUT2D eigenvalue weighted by Crippen LogP contribution is 2.06. The summed E-state index contributed by atoms with van der Waals surface area (Å²) in [6, 6.07) is 5.51. The maximum Gasteiger partial charge on any atom is 0.274 e. The Balaban J connectivity index is 1.84. The van der Waals surface area contributed by atoms with Gasteiger partial charge in [-0.1, -0.05) is 6.07 Å². The van der Waals surface area contributed by atoms with Crippen LogP contribution in [0.4, 0.5) is 4.39 Å². The summed E-state index contributed by atoms with van der Waals surface area (Å²) in [5, 5.41) is 3.17. The van der Waals surface area contributed by atoms with Gasteiger partial charge in [-0.15, -0.1) is 0 Å². The molecular weight excluding hydrogens is 223 g/mol. The smallest absolute Gasteiger partial charge is 0.274 e. The van der Waals surface area contributed by atoms with Crippen molar-refractivity contribution < 1.29 is 14.0 Å². The first-order chi connectivity index (χ1) is 8.25. The van der Waals surface area contributed by atoms with Gasteiger partial charge < -0.3 is 5.32 Å². The average molecular weight is 238 g/mol. The third-order valence-corrected chi connectivity index (χ3v) is 2.66. The van der Waals surface area contributed by atoms with Crippen LogP contribution in [0.1, 0.15) is 23.2 Å². The Labute approximate surface area is 99.1 Å². The van der Waals surface area contributed by atoms with Gasteiger partial charge in [-0.3, -0.25) is 9.63 Å². The van der Waals surface area contributed by atoms with E-state index in [1.54, 1.807) is 6.07 Å². The summed E-state index contributed by atoms with van der Waals surface area (Å²) >= 11 is 0. The molecule has 2 N–H and O–H groups in total. The van der Waals surface area contributed by atoms with Crippen molar-refractivity contribution >= 4 is 5.91 Å². The third kappa shape index (κ3) is 3.51. The molecule has 1 aromatic rings. The molecule has 0 spiro atoms. The van der Waals surface area contributed by atoms with Crippen molar-refractivity contribution in [1.29, 1.82) is 0 Å². The first kappa shape index (κ1) is 12.0. The molecule has 1 atom stereocenters. The van der Waals surface area contributed by atoms with Gasteiger partial charge in [0.2, 0.25) is 0 Å². The molecule has 0 bridgehead atoms. The lowest BCUT2D eigenvalue weighted by molar-refractivity contribution is -0.0251. The molecule has 1 aromatic carbocycles. The molecule has 1 heterocycles. The second kappa shape index (κ2) is 5.75. The third-order valence-electron chi connectivity index (χ3n) is 2.66. The molecule has 2 rings (SSSR count). The lowest BCUT2D eigenvalue weighted by atomic mass is 10.1. The SMILES string of the molecule is O=C(NOC1CCCNC1)c1cccc(F)c1. The standard InChI is InChI=1S/C12H15FN2O2/c13-10-4-1-3-9(7-10)12(16)15-17-11-5-2-6-14-8-11/h1,3-4,7,11,14H,2,5-6,8H2,(H,15,16). The van der Waals surface area contributed by atoms with E-state index >= 15 is 0 Å². The van der Waals surface area contributed by atoms with Crippen molar-refractivity contribution in [2.75, 3.05) is 13.1 Å². The van der Waals surface area contributed by atoms with Gasteiger partial charge in [-0.2, -0.15) is 0 Å². The van der Waals surface area contributed by atoms with Crippen molar-refractivity contribution in [3.05, 3.63) is 35.6 Å². The Morgan fingerprint density at radius 1 is 1.53 bits per heavy atom. The molecule has 1 amide bonds. The number of hydrogen-bond donors (Lipinski definition) is 2. The van der Waals surface area contributed by atoms with Crippen LogP contribution in [-0.4, -0.2) is 25.1 Å². The van der Waals surface area contributed by atoms with Crippen LogP contribution in [0.3, 0.4) is 0 Å². The predicted molar refractivity (Wildman–Crippen MR) is 60.8 cm³/mol. The number of benzene rings is 1. The Morgan fingerprint density at radius 2 is 2.41 bits per heavy atom. The fourth-order valence-electron chi connectivity index (χ4n) is 1.75. The second-order valence-electron chi connectivity index (χ2n) is 4.03. The lowest BCUT2D eigenvalue weighted by Crippen LogP contribution is -2.40. The van der Waals surface area contributed by atoms with Crippen LogP contribution in [0.5, 0.6) is 0 Å². The molecule has 5 heteroatoms. The quantitative estimate of drug-likeness (QED) is 0.779. The number of halogens is 1. The van der Waals surface area contributed by atoms with E-state index in [9.17, 15) is 9.18 Å². The molecule has 1 unspecified atom stereocenters. The van der Waals surface area contributed by atoms with E-state index in [1.807, 2.05) is 0 Å². The minimum Gasteiger partial charge on any atom is -0.314 e. The first-order valence-electron chi connectivity index (χ1n) is 5.68. The predicted octanol–water partition coefficient (Wildman–Crippen LogP) is 1.24. The van der Waals surface area contributed by atoms with Crippen LogP contribution in [0.15, 0.2) is 24.3 Å². The molecule has 1 aliphatic rings. The van der Waals surface area contributed by atoms with E-state index < -0.39 is 11.7 Å². The fraction of sp³-hybridized carbons (Fsp3) is 0.417. The Hall–Kier alpha value is -1.46. The van der Waals surface area contributed by atoms with Gasteiger partial charge in [0.1, 0.15) is 5.82 Å². The number of nitrogens with one attached hydrogen (secondary N) is 2. The summed E-state index contributed by atoms with van der Waals surface area (Å²) in [5.74, 6) is -0.855. The van der Waals surface area contributed by atoms with Crippen molar-refractivity contribution in [1.82, 2.24) is 10.8 Å². The number of carbonyl (C=O) groups is 1. The largest absolute Gasteiger partial charge is 0.314 e. The number of amides is 1. The van der Waals surface area contributed by atoms with Crippen LogP contribution < -0.4 is 10.8 Å². The summed E-state index contributed by atoms with van der Waals surface area (Å²) < 4.78 is 12.9. The van der Waals surface area contributed by atoms with Crippen LogP contribution in [0.25, 0.3) is 0 Å².